The van der Waals surface area contributed by atoms with Crippen molar-refractivity contribution in [2.75, 3.05) is 5.73 Å². The van der Waals surface area contributed by atoms with Gasteiger partial charge in [-0.2, -0.15) is 4.68 Å². The van der Waals surface area contributed by atoms with Crippen molar-refractivity contribution in [3.63, 3.8) is 0 Å². The number of aryl methyl sites for hydroxylation is 1. The van der Waals surface area contributed by atoms with E-state index in [0.717, 1.165) is 21.3 Å². The number of tetrazole rings is 1. The molecule has 21 heavy (non-hydrogen) atoms. The Balaban J connectivity index is 2.25. The third-order valence-corrected chi connectivity index (χ3v) is 4.53. The molecule has 0 aliphatic carbocycles. The molecule has 3 aromatic rings. The average Bonchev–Trinajstić information content (AvgIpc) is 2.91. The number of benzene rings is 2. The highest BCUT2D eigenvalue weighted by Crippen LogP contribution is 2.33. The molecule has 3 rings (SSSR count). The van der Waals surface area contributed by atoms with E-state index in [9.17, 15) is 0 Å². The smallest absolute Gasteiger partial charge is 0.189 e. The number of anilines is 1. The maximum Gasteiger partial charge on any atom is 0.189 e. The molecule has 0 aliphatic heterocycles. The van der Waals surface area contributed by atoms with Crippen LogP contribution in [0.2, 0.25) is 5.02 Å². The van der Waals surface area contributed by atoms with Crippen LogP contribution in [0.3, 0.4) is 0 Å². The van der Waals surface area contributed by atoms with Crippen LogP contribution in [0.4, 0.5) is 5.69 Å². The summed E-state index contributed by atoms with van der Waals surface area (Å²) in [6, 6.07) is 11.2. The lowest BCUT2D eigenvalue weighted by Gasteiger charge is -2.11. The SMILES string of the molecule is Cc1cccc(N)c1-c1nnnn1-c1cccc(Cl)c1Br. The summed E-state index contributed by atoms with van der Waals surface area (Å²) in [6.45, 7) is 1.97. The molecule has 0 fully saturated rings. The lowest BCUT2D eigenvalue weighted by Crippen LogP contribution is -2.04. The van der Waals surface area contributed by atoms with Gasteiger partial charge in [0.2, 0.25) is 0 Å². The Morgan fingerprint density at radius 2 is 1.95 bits per heavy atom. The minimum Gasteiger partial charge on any atom is -0.398 e. The Labute approximate surface area is 134 Å². The lowest BCUT2D eigenvalue weighted by molar-refractivity contribution is 0.789. The summed E-state index contributed by atoms with van der Waals surface area (Å²) >= 11 is 9.60. The lowest BCUT2D eigenvalue weighted by atomic mass is 10.1. The summed E-state index contributed by atoms with van der Waals surface area (Å²) in [5.41, 5.74) is 9.28. The van der Waals surface area contributed by atoms with Gasteiger partial charge < -0.3 is 5.73 Å². The fourth-order valence-electron chi connectivity index (χ4n) is 2.16. The first-order valence-corrected chi connectivity index (χ1v) is 7.35. The Morgan fingerprint density at radius 1 is 1.19 bits per heavy atom. The molecule has 0 atom stereocenters. The highest BCUT2D eigenvalue weighted by molar-refractivity contribution is 9.10. The molecule has 2 N–H and O–H groups in total. The zero-order valence-corrected chi connectivity index (χ0v) is 13.4. The third-order valence-electron chi connectivity index (χ3n) is 3.16. The molecule has 2 aromatic carbocycles. The van der Waals surface area contributed by atoms with Crippen LogP contribution in [0.5, 0.6) is 0 Å². The van der Waals surface area contributed by atoms with Crippen LogP contribution in [-0.2, 0) is 0 Å². The van der Waals surface area contributed by atoms with Gasteiger partial charge in [-0.15, -0.1) is 5.10 Å². The van der Waals surface area contributed by atoms with Gasteiger partial charge in [-0.25, -0.2) is 0 Å². The zero-order chi connectivity index (χ0) is 15.0. The first kappa shape index (κ1) is 14.0. The third kappa shape index (κ3) is 2.41. The van der Waals surface area contributed by atoms with Gasteiger partial charge in [0, 0.05) is 11.3 Å². The summed E-state index contributed by atoms with van der Waals surface area (Å²) in [7, 11) is 0. The van der Waals surface area contributed by atoms with Gasteiger partial charge in [0.25, 0.3) is 0 Å². The minimum atomic E-state index is 0.577. The highest BCUT2D eigenvalue weighted by atomic mass is 79.9. The van der Waals surface area contributed by atoms with E-state index in [-0.39, 0.29) is 0 Å². The van der Waals surface area contributed by atoms with E-state index in [1.54, 1.807) is 10.7 Å². The molecule has 0 spiro atoms. The highest BCUT2D eigenvalue weighted by Gasteiger charge is 2.17. The summed E-state index contributed by atoms with van der Waals surface area (Å²) in [5, 5.41) is 12.5. The molecule has 0 radical (unpaired) electrons. The number of nitrogens with zero attached hydrogens (tertiary/aromatic N) is 4. The molecular weight excluding hydrogens is 354 g/mol. The van der Waals surface area contributed by atoms with Crippen LogP contribution in [-0.4, -0.2) is 20.2 Å². The molecule has 0 saturated carbocycles. The van der Waals surface area contributed by atoms with Crippen molar-refractivity contribution in [2.45, 2.75) is 6.92 Å². The number of rotatable bonds is 2. The average molecular weight is 365 g/mol. The van der Waals surface area contributed by atoms with Crippen LogP contribution in [0, 0.1) is 6.92 Å². The van der Waals surface area contributed by atoms with Crippen LogP contribution in [0.1, 0.15) is 5.56 Å². The van der Waals surface area contributed by atoms with Crippen molar-refractivity contribution in [3.8, 4) is 17.1 Å². The van der Waals surface area contributed by atoms with E-state index in [2.05, 4.69) is 31.5 Å². The Kier molecular flexibility index (Phi) is 3.65. The Hall–Kier alpha value is -1.92. The maximum atomic E-state index is 6.14. The van der Waals surface area contributed by atoms with Gasteiger partial charge in [0.05, 0.1) is 15.2 Å². The van der Waals surface area contributed by atoms with Gasteiger partial charge >= 0.3 is 0 Å². The van der Waals surface area contributed by atoms with Gasteiger partial charge in [0.15, 0.2) is 5.82 Å². The Bertz CT molecular complexity index is 795. The van der Waals surface area contributed by atoms with Crippen molar-refractivity contribution >= 4 is 33.2 Å². The molecule has 0 saturated heterocycles. The van der Waals surface area contributed by atoms with E-state index in [1.807, 2.05) is 37.3 Å². The largest absolute Gasteiger partial charge is 0.398 e. The van der Waals surface area contributed by atoms with Gasteiger partial charge in [-0.1, -0.05) is 29.8 Å². The van der Waals surface area contributed by atoms with E-state index >= 15 is 0 Å². The fourth-order valence-corrected chi connectivity index (χ4v) is 2.76. The minimum absolute atomic E-state index is 0.577. The quantitative estimate of drug-likeness (QED) is 0.705. The van der Waals surface area contributed by atoms with E-state index in [1.165, 1.54) is 0 Å². The number of halogens is 2. The van der Waals surface area contributed by atoms with Crippen LogP contribution in [0.25, 0.3) is 17.1 Å². The maximum absolute atomic E-state index is 6.14. The predicted molar refractivity (Wildman–Crippen MR) is 86.4 cm³/mol. The van der Waals surface area contributed by atoms with E-state index < -0.39 is 0 Å². The number of hydrogen-bond acceptors (Lipinski definition) is 4. The van der Waals surface area contributed by atoms with Crippen LogP contribution >= 0.6 is 27.5 Å². The molecule has 0 amide bonds. The standard InChI is InChI=1S/C14H11BrClN5/c1-8-4-2-6-10(17)12(8)14-18-19-20-21(14)11-7-3-5-9(16)13(11)15/h2-7H,17H2,1H3. The molecule has 1 aromatic heterocycles. The van der Waals surface area contributed by atoms with Crippen molar-refractivity contribution in [1.29, 1.82) is 0 Å². The second-order valence-electron chi connectivity index (χ2n) is 4.53. The van der Waals surface area contributed by atoms with Gasteiger partial charge in [-0.3, -0.25) is 0 Å². The predicted octanol–water partition coefficient (Wildman–Crippen LogP) is 3.64. The van der Waals surface area contributed by atoms with E-state index in [4.69, 9.17) is 17.3 Å². The number of nitrogens with two attached hydrogens (primary N) is 1. The second-order valence-corrected chi connectivity index (χ2v) is 5.73. The van der Waals surface area contributed by atoms with Crippen molar-refractivity contribution < 1.29 is 0 Å². The normalized spacial score (nSPS) is 10.8. The molecule has 0 unspecified atom stereocenters. The monoisotopic (exact) mass is 363 g/mol. The van der Waals surface area contributed by atoms with Crippen LogP contribution < -0.4 is 5.73 Å². The van der Waals surface area contributed by atoms with Crippen molar-refractivity contribution in [2.24, 2.45) is 0 Å². The zero-order valence-electron chi connectivity index (χ0n) is 11.1. The molecule has 7 heteroatoms. The van der Waals surface area contributed by atoms with Crippen molar-refractivity contribution in [1.82, 2.24) is 20.2 Å². The molecular formula is C14H11BrClN5. The molecule has 106 valence electrons. The van der Waals surface area contributed by atoms with E-state index in [0.29, 0.717) is 16.5 Å². The summed E-state index contributed by atoms with van der Waals surface area (Å²) in [6.07, 6.45) is 0. The number of nitrogen functional groups attached to an aromatic ring is 1. The Morgan fingerprint density at radius 3 is 2.71 bits per heavy atom. The van der Waals surface area contributed by atoms with Gasteiger partial charge in [-0.05, 0) is 57.0 Å². The summed E-state index contributed by atoms with van der Waals surface area (Å²) in [5.74, 6) is 0.577. The van der Waals surface area contributed by atoms with Crippen molar-refractivity contribution in [3.05, 3.63) is 51.5 Å². The topological polar surface area (TPSA) is 69.6 Å². The van der Waals surface area contributed by atoms with Gasteiger partial charge in [0.1, 0.15) is 0 Å². The molecule has 5 nitrogen and oxygen atoms in total. The molecule has 0 bridgehead atoms. The fraction of sp³-hybridized carbons (Fsp3) is 0.0714. The second kappa shape index (κ2) is 5.46. The summed E-state index contributed by atoms with van der Waals surface area (Å²) in [4.78, 5) is 0. The van der Waals surface area contributed by atoms with Crippen LogP contribution in [0.15, 0.2) is 40.9 Å². The first-order valence-electron chi connectivity index (χ1n) is 6.18. The molecule has 0 aliphatic rings. The number of aromatic nitrogens is 4. The summed E-state index contributed by atoms with van der Waals surface area (Å²) < 4.78 is 2.35. The molecule has 1 heterocycles. The first-order chi connectivity index (χ1) is 10.1. The number of hydrogen-bond donors (Lipinski definition) is 1.